The average molecular weight is 256 g/mol. The smallest absolute Gasteiger partial charge is 0.0521 e. The molecule has 3 unspecified atom stereocenters. The summed E-state index contributed by atoms with van der Waals surface area (Å²) >= 11 is 0. The van der Waals surface area contributed by atoms with Crippen LogP contribution in [0, 0.1) is 11.8 Å². The second kappa shape index (κ2) is 7.43. The zero-order chi connectivity index (χ0) is 12.8. The first-order chi connectivity index (χ1) is 8.83. The first-order valence-corrected chi connectivity index (χ1v) is 7.47. The van der Waals surface area contributed by atoms with Crippen LogP contribution in [0.1, 0.15) is 26.2 Å². The fourth-order valence-electron chi connectivity index (χ4n) is 3.31. The molecule has 0 aromatic carbocycles. The van der Waals surface area contributed by atoms with Crippen LogP contribution in [0.3, 0.4) is 0 Å². The molecule has 2 N–H and O–H groups in total. The Bertz CT molecular complexity index is 236. The van der Waals surface area contributed by atoms with Crippen LogP contribution >= 0.6 is 0 Å². The Labute approximate surface area is 111 Å². The van der Waals surface area contributed by atoms with E-state index < -0.39 is 0 Å². The van der Waals surface area contributed by atoms with Gasteiger partial charge in [0.1, 0.15) is 0 Å². The average Bonchev–Trinajstić information content (AvgIpc) is 2.41. The minimum atomic E-state index is 0.342. The molecular formula is C14H28N2O2. The van der Waals surface area contributed by atoms with Crippen molar-refractivity contribution in [2.45, 2.75) is 32.2 Å². The van der Waals surface area contributed by atoms with Crippen LogP contribution in [0.15, 0.2) is 0 Å². The summed E-state index contributed by atoms with van der Waals surface area (Å²) in [5, 5.41) is 12.9. The van der Waals surface area contributed by atoms with E-state index >= 15 is 0 Å². The number of rotatable bonds is 5. The molecule has 2 aliphatic heterocycles. The highest BCUT2D eigenvalue weighted by molar-refractivity contribution is 4.83. The molecule has 4 nitrogen and oxygen atoms in total. The Kier molecular flexibility index (Phi) is 5.89. The minimum Gasteiger partial charge on any atom is -0.396 e. The third-order valence-electron chi connectivity index (χ3n) is 4.29. The molecule has 2 rings (SSSR count). The molecule has 0 saturated carbocycles. The molecule has 106 valence electrons. The number of likely N-dealkylation sites (tertiary alicyclic amines) is 1. The Morgan fingerprint density at radius 3 is 3.06 bits per heavy atom. The van der Waals surface area contributed by atoms with Gasteiger partial charge in [-0.2, -0.15) is 0 Å². The summed E-state index contributed by atoms with van der Waals surface area (Å²) in [5.41, 5.74) is 0. The van der Waals surface area contributed by atoms with Gasteiger partial charge in [-0.3, -0.25) is 0 Å². The number of ether oxygens (including phenoxy) is 1. The van der Waals surface area contributed by atoms with E-state index in [2.05, 4.69) is 17.1 Å². The molecular weight excluding hydrogens is 228 g/mol. The monoisotopic (exact) mass is 256 g/mol. The zero-order valence-electron chi connectivity index (χ0n) is 11.6. The van der Waals surface area contributed by atoms with Gasteiger partial charge in [-0.05, 0) is 38.3 Å². The van der Waals surface area contributed by atoms with E-state index in [1.54, 1.807) is 0 Å². The van der Waals surface area contributed by atoms with Gasteiger partial charge in [-0.1, -0.05) is 6.92 Å². The van der Waals surface area contributed by atoms with Crippen LogP contribution in [-0.2, 0) is 4.74 Å². The van der Waals surface area contributed by atoms with Crippen molar-refractivity contribution >= 4 is 0 Å². The lowest BCUT2D eigenvalue weighted by atomic mass is 9.92. The number of aliphatic hydroxyl groups excluding tert-OH is 1. The summed E-state index contributed by atoms with van der Waals surface area (Å²) in [5.74, 6) is 1.09. The summed E-state index contributed by atoms with van der Waals surface area (Å²) in [4.78, 5) is 2.52. The first kappa shape index (κ1) is 14.3. The van der Waals surface area contributed by atoms with Crippen molar-refractivity contribution in [3.63, 3.8) is 0 Å². The van der Waals surface area contributed by atoms with Gasteiger partial charge in [0.15, 0.2) is 0 Å². The van der Waals surface area contributed by atoms with Gasteiger partial charge in [-0.15, -0.1) is 0 Å². The maximum Gasteiger partial charge on any atom is 0.0521 e. The van der Waals surface area contributed by atoms with Gasteiger partial charge in [0, 0.05) is 38.3 Å². The Morgan fingerprint density at radius 1 is 1.39 bits per heavy atom. The maximum absolute atomic E-state index is 9.29. The number of hydrogen-bond acceptors (Lipinski definition) is 4. The highest BCUT2D eigenvalue weighted by atomic mass is 16.5. The molecule has 0 spiro atoms. The maximum atomic E-state index is 9.29. The summed E-state index contributed by atoms with van der Waals surface area (Å²) in [7, 11) is 0. The molecule has 0 aromatic rings. The second-order valence-corrected chi connectivity index (χ2v) is 5.74. The topological polar surface area (TPSA) is 44.7 Å². The Balaban J connectivity index is 1.82. The van der Waals surface area contributed by atoms with Crippen LogP contribution in [0.5, 0.6) is 0 Å². The second-order valence-electron chi connectivity index (χ2n) is 5.74. The molecule has 0 bridgehead atoms. The van der Waals surface area contributed by atoms with Gasteiger partial charge in [-0.25, -0.2) is 0 Å². The van der Waals surface area contributed by atoms with Crippen molar-refractivity contribution < 1.29 is 9.84 Å². The summed E-state index contributed by atoms with van der Waals surface area (Å²) in [6.07, 6.45) is 3.55. The lowest BCUT2D eigenvalue weighted by Gasteiger charge is -2.38. The van der Waals surface area contributed by atoms with Gasteiger partial charge >= 0.3 is 0 Å². The Morgan fingerprint density at radius 2 is 2.28 bits per heavy atom. The van der Waals surface area contributed by atoms with Crippen LogP contribution in [0.2, 0.25) is 0 Å². The number of piperidine rings is 1. The highest BCUT2D eigenvalue weighted by Gasteiger charge is 2.28. The largest absolute Gasteiger partial charge is 0.396 e. The van der Waals surface area contributed by atoms with Crippen LogP contribution in [0.25, 0.3) is 0 Å². The van der Waals surface area contributed by atoms with E-state index in [0.717, 1.165) is 39.3 Å². The van der Waals surface area contributed by atoms with Crippen molar-refractivity contribution in [2.24, 2.45) is 11.8 Å². The summed E-state index contributed by atoms with van der Waals surface area (Å²) in [6.45, 7) is 8.71. The van der Waals surface area contributed by atoms with Crippen LogP contribution in [0.4, 0.5) is 0 Å². The third-order valence-corrected chi connectivity index (χ3v) is 4.29. The Hall–Kier alpha value is -0.160. The minimum absolute atomic E-state index is 0.342. The predicted molar refractivity (Wildman–Crippen MR) is 72.6 cm³/mol. The van der Waals surface area contributed by atoms with E-state index in [1.807, 2.05) is 0 Å². The van der Waals surface area contributed by atoms with Crippen LogP contribution < -0.4 is 5.32 Å². The molecule has 2 fully saturated rings. The van der Waals surface area contributed by atoms with E-state index in [0.29, 0.717) is 24.5 Å². The summed E-state index contributed by atoms with van der Waals surface area (Å²) < 4.78 is 5.64. The van der Waals surface area contributed by atoms with E-state index in [-0.39, 0.29) is 0 Å². The third kappa shape index (κ3) is 3.92. The molecule has 0 amide bonds. The van der Waals surface area contributed by atoms with Gasteiger partial charge in [0.2, 0.25) is 0 Å². The lowest BCUT2D eigenvalue weighted by Crippen LogP contribution is -2.49. The van der Waals surface area contributed by atoms with E-state index in [9.17, 15) is 5.11 Å². The molecule has 2 aliphatic rings. The molecule has 18 heavy (non-hydrogen) atoms. The molecule has 0 aromatic heterocycles. The number of aliphatic hydroxyl groups is 1. The number of nitrogens with zero attached hydrogens (tertiary/aromatic N) is 1. The van der Waals surface area contributed by atoms with Crippen molar-refractivity contribution in [3.05, 3.63) is 0 Å². The molecule has 0 radical (unpaired) electrons. The van der Waals surface area contributed by atoms with Crippen molar-refractivity contribution in [1.82, 2.24) is 10.2 Å². The quantitative estimate of drug-likeness (QED) is 0.760. The summed E-state index contributed by atoms with van der Waals surface area (Å²) in [6, 6.07) is 0.609. The molecule has 4 heteroatoms. The molecule has 3 atom stereocenters. The molecule has 0 aliphatic carbocycles. The van der Waals surface area contributed by atoms with E-state index in [4.69, 9.17) is 4.74 Å². The molecule has 2 heterocycles. The number of nitrogens with one attached hydrogen (secondary N) is 1. The van der Waals surface area contributed by atoms with Gasteiger partial charge in [0.25, 0.3) is 0 Å². The fourth-order valence-corrected chi connectivity index (χ4v) is 3.31. The lowest BCUT2D eigenvalue weighted by molar-refractivity contribution is 0.00801. The van der Waals surface area contributed by atoms with Crippen molar-refractivity contribution in [2.75, 3.05) is 46.0 Å². The normalized spacial score (nSPS) is 34.7. The van der Waals surface area contributed by atoms with Crippen molar-refractivity contribution in [3.8, 4) is 0 Å². The van der Waals surface area contributed by atoms with Crippen LogP contribution in [-0.4, -0.2) is 62.0 Å². The van der Waals surface area contributed by atoms with E-state index in [1.165, 1.54) is 19.4 Å². The van der Waals surface area contributed by atoms with Gasteiger partial charge < -0.3 is 20.1 Å². The number of hydrogen-bond donors (Lipinski definition) is 2. The SMILES string of the molecule is CCNC1CCOCC1CN1CCCC(CO)C1. The van der Waals surface area contributed by atoms with Gasteiger partial charge in [0.05, 0.1) is 6.61 Å². The zero-order valence-corrected chi connectivity index (χ0v) is 11.6. The standard InChI is InChI=1S/C14H28N2O2/c1-2-15-14-5-7-18-11-13(14)9-16-6-3-4-12(8-16)10-17/h12-15,17H,2-11H2,1H3. The van der Waals surface area contributed by atoms with Crippen molar-refractivity contribution in [1.29, 1.82) is 0 Å². The molecule has 2 saturated heterocycles. The fraction of sp³-hybridized carbons (Fsp3) is 1.00. The highest BCUT2D eigenvalue weighted by Crippen LogP contribution is 2.21. The predicted octanol–water partition coefficient (Wildman–Crippen LogP) is 0.705. The first-order valence-electron chi connectivity index (χ1n) is 7.47.